The Kier molecular flexibility index (Phi) is 5.22. The molecule has 0 bridgehead atoms. The van der Waals surface area contributed by atoms with Crippen molar-refractivity contribution in [1.29, 1.82) is 0 Å². The normalized spacial score (nSPS) is 17.5. The first-order valence-corrected chi connectivity index (χ1v) is 7.90. The minimum absolute atomic E-state index is 0.0703. The number of likely N-dealkylation sites (tertiary alicyclic amines) is 1. The average molecular weight is 307 g/mol. The summed E-state index contributed by atoms with van der Waals surface area (Å²) in [4.78, 5) is 14.9. The number of hydrogen-bond donors (Lipinski definition) is 0. The molecule has 1 heterocycles. The molecule has 4 heteroatoms. The third-order valence-corrected chi connectivity index (χ3v) is 4.10. The summed E-state index contributed by atoms with van der Waals surface area (Å²) in [7, 11) is 1.49. The fourth-order valence-corrected chi connectivity index (χ4v) is 3.07. The van der Waals surface area contributed by atoms with Crippen LogP contribution in [0.5, 0.6) is 5.75 Å². The lowest BCUT2D eigenvalue weighted by molar-refractivity contribution is 0.0803. The molecular weight excluding hydrogens is 281 g/mol. The van der Waals surface area contributed by atoms with Crippen LogP contribution >= 0.6 is 0 Å². The van der Waals surface area contributed by atoms with E-state index < -0.39 is 5.82 Å². The van der Waals surface area contributed by atoms with E-state index in [1.54, 1.807) is 6.07 Å². The fourth-order valence-electron chi connectivity index (χ4n) is 3.07. The number of rotatable bonds is 4. The minimum Gasteiger partial charge on any atom is -0.497 e. The maximum absolute atomic E-state index is 14.0. The Labute approximate surface area is 132 Å². The summed E-state index contributed by atoms with van der Waals surface area (Å²) >= 11 is 0. The molecule has 0 amide bonds. The number of benzene rings is 1. The van der Waals surface area contributed by atoms with E-state index in [1.165, 1.54) is 19.2 Å². The first-order valence-electron chi connectivity index (χ1n) is 7.90. The van der Waals surface area contributed by atoms with Crippen LogP contribution in [0.1, 0.15) is 44.0 Å². The first-order chi connectivity index (χ1) is 10.3. The van der Waals surface area contributed by atoms with Crippen molar-refractivity contribution >= 4 is 5.78 Å². The summed E-state index contributed by atoms with van der Waals surface area (Å²) in [5.41, 5.74) is 0.453. The van der Waals surface area contributed by atoms with Gasteiger partial charge in [-0.15, -0.1) is 0 Å². The highest BCUT2D eigenvalue weighted by Gasteiger charge is 2.28. The summed E-state index contributed by atoms with van der Waals surface area (Å²) in [6.07, 6.45) is 1.61. The molecule has 1 saturated heterocycles. The standard InChI is InChI=1S/C18H26FNO2/c1-18(2,3)12-20-9-7-13(8-10-20)17(21)15-6-5-14(22-4)11-16(15)19/h5-6,11,13H,7-10,12H2,1-4H3. The predicted molar refractivity (Wildman–Crippen MR) is 85.9 cm³/mol. The zero-order valence-electron chi connectivity index (χ0n) is 14.0. The molecule has 1 aliphatic rings. The number of methoxy groups -OCH3 is 1. The summed E-state index contributed by atoms with van der Waals surface area (Å²) < 4.78 is 19.0. The summed E-state index contributed by atoms with van der Waals surface area (Å²) in [5, 5.41) is 0. The van der Waals surface area contributed by atoms with Crippen LogP contribution in [0.25, 0.3) is 0 Å². The second-order valence-electron chi connectivity index (χ2n) is 7.32. The summed E-state index contributed by atoms with van der Waals surface area (Å²) in [6, 6.07) is 4.46. The van der Waals surface area contributed by atoms with Gasteiger partial charge in [0.05, 0.1) is 12.7 Å². The van der Waals surface area contributed by atoms with Crippen LogP contribution < -0.4 is 4.74 Å². The number of halogens is 1. The van der Waals surface area contributed by atoms with E-state index in [0.717, 1.165) is 32.5 Å². The monoisotopic (exact) mass is 307 g/mol. The molecular formula is C18H26FNO2. The van der Waals surface area contributed by atoms with Gasteiger partial charge in [-0.1, -0.05) is 20.8 Å². The van der Waals surface area contributed by atoms with Crippen LogP contribution in [0, 0.1) is 17.2 Å². The Morgan fingerprint density at radius 3 is 2.45 bits per heavy atom. The van der Waals surface area contributed by atoms with Gasteiger partial charge in [0.2, 0.25) is 0 Å². The molecule has 22 heavy (non-hydrogen) atoms. The number of carbonyl (C=O) groups excluding carboxylic acids is 1. The molecule has 2 rings (SSSR count). The molecule has 0 atom stereocenters. The average Bonchev–Trinajstić information content (AvgIpc) is 2.45. The van der Waals surface area contributed by atoms with Crippen molar-refractivity contribution in [1.82, 2.24) is 4.90 Å². The molecule has 0 aliphatic carbocycles. The van der Waals surface area contributed by atoms with Crippen molar-refractivity contribution in [2.75, 3.05) is 26.7 Å². The Morgan fingerprint density at radius 2 is 1.95 bits per heavy atom. The number of piperidine rings is 1. The Bertz CT molecular complexity index is 528. The highest BCUT2D eigenvalue weighted by molar-refractivity contribution is 5.98. The molecule has 0 saturated carbocycles. The van der Waals surface area contributed by atoms with E-state index in [0.29, 0.717) is 5.75 Å². The fraction of sp³-hybridized carbons (Fsp3) is 0.611. The van der Waals surface area contributed by atoms with Crippen LogP contribution in [0.3, 0.4) is 0 Å². The van der Waals surface area contributed by atoms with Gasteiger partial charge in [0, 0.05) is 18.5 Å². The van der Waals surface area contributed by atoms with Crippen molar-refractivity contribution < 1.29 is 13.9 Å². The van der Waals surface area contributed by atoms with Crippen molar-refractivity contribution in [3.63, 3.8) is 0 Å². The largest absolute Gasteiger partial charge is 0.497 e. The number of nitrogens with zero attached hydrogens (tertiary/aromatic N) is 1. The van der Waals surface area contributed by atoms with Gasteiger partial charge in [-0.2, -0.15) is 0 Å². The third-order valence-electron chi connectivity index (χ3n) is 4.10. The highest BCUT2D eigenvalue weighted by Crippen LogP contribution is 2.26. The number of ketones is 1. The van der Waals surface area contributed by atoms with Gasteiger partial charge in [-0.25, -0.2) is 4.39 Å². The van der Waals surface area contributed by atoms with Crippen LogP contribution in [-0.2, 0) is 0 Å². The lowest BCUT2D eigenvalue weighted by Gasteiger charge is -2.35. The molecule has 0 radical (unpaired) electrons. The maximum Gasteiger partial charge on any atom is 0.168 e. The number of hydrogen-bond acceptors (Lipinski definition) is 3. The van der Waals surface area contributed by atoms with Crippen molar-refractivity contribution in [2.45, 2.75) is 33.6 Å². The molecule has 1 fully saturated rings. The van der Waals surface area contributed by atoms with E-state index in [1.807, 2.05) is 0 Å². The van der Waals surface area contributed by atoms with Crippen molar-refractivity contribution in [2.24, 2.45) is 11.3 Å². The molecule has 1 aromatic carbocycles. The SMILES string of the molecule is COc1ccc(C(=O)C2CCN(CC(C)(C)C)CC2)c(F)c1. The van der Waals surface area contributed by atoms with Gasteiger partial charge < -0.3 is 9.64 Å². The highest BCUT2D eigenvalue weighted by atomic mass is 19.1. The van der Waals surface area contributed by atoms with Crippen LogP contribution in [0.2, 0.25) is 0 Å². The van der Waals surface area contributed by atoms with Gasteiger partial charge in [-0.05, 0) is 43.5 Å². The zero-order valence-corrected chi connectivity index (χ0v) is 14.0. The lowest BCUT2D eigenvalue weighted by atomic mass is 9.87. The van der Waals surface area contributed by atoms with Crippen LogP contribution in [-0.4, -0.2) is 37.4 Å². The number of ether oxygens (including phenoxy) is 1. The Morgan fingerprint density at radius 1 is 1.32 bits per heavy atom. The van der Waals surface area contributed by atoms with Gasteiger partial charge in [0.25, 0.3) is 0 Å². The molecule has 0 N–H and O–H groups in total. The van der Waals surface area contributed by atoms with Gasteiger partial charge in [-0.3, -0.25) is 4.79 Å². The van der Waals surface area contributed by atoms with Crippen molar-refractivity contribution in [3.8, 4) is 5.75 Å². The smallest absolute Gasteiger partial charge is 0.168 e. The van der Waals surface area contributed by atoms with E-state index in [4.69, 9.17) is 4.74 Å². The third kappa shape index (κ3) is 4.29. The molecule has 1 aromatic rings. The molecule has 0 aromatic heterocycles. The van der Waals surface area contributed by atoms with E-state index in [9.17, 15) is 9.18 Å². The molecule has 0 spiro atoms. The summed E-state index contributed by atoms with van der Waals surface area (Å²) in [5.74, 6) is -0.190. The van der Waals surface area contributed by atoms with E-state index in [-0.39, 0.29) is 22.7 Å². The quantitative estimate of drug-likeness (QED) is 0.793. The Hall–Kier alpha value is -1.42. The molecule has 3 nitrogen and oxygen atoms in total. The lowest BCUT2D eigenvalue weighted by Crippen LogP contribution is -2.40. The van der Waals surface area contributed by atoms with Gasteiger partial charge in [0.1, 0.15) is 11.6 Å². The molecule has 122 valence electrons. The molecule has 1 aliphatic heterocycles. The zero-order chi connectivity index (χ0) is 16.3. The molecule has 0 unspecified atom stereocenters. The maximum atomic E-state index is 14.0. The first kappa shape index (κ1) is 16.9. The van der Waals surface area contributed by atoms with Gasteiger partial charge >= 0.3 is 0 Å². The van der Waals surface area contributed by atoms with Gasteiger partial charge in [0.15, 0.2) is 5.78 Å². The topological polar surface area (TPSA) is 29.5 Å². The predicted octanol–water partition coefficient (Wildman–Crippen LogP) is 3.78. The second-order valence-corrected chi connectivity index (χ2v) is 7.32. The minimum atomic E-state index is -0.485. The van der Waals surface area contributed by atoms with Crippen molar-refractivity contribution in [3.05, 3.63) is 29.6 Å². The second kappa shape index (κ2) is 6.78. The van der Waals surface area contributed by atoms with Crippen LogP contribution in [0.4, 0.5) is 4.39 Å². The van der Waals surface area contributed by atoms with Crippen LogP contribution in [0.15, 0.2) is 18.2 Å². The van der Waals surface area contributed by atoms with E-state index >= 15 is 0 Å². The number of carbonyl (C=O) groups is 1. The summed E-state index contributed by atoms with van der Waals surface area (Å²) in [6.45, 7) is 9.51. The van der Waals surface area contributed by atoms with E-state index in [2.05, 4.69) is 25.7 Å². The number of Topliss-reactive ketones (excluding diaryl/α,β-unsaturated/α-hetero) is 1. The Balaban J connectivity index is 1.98.